The highest BCUT2D eigenvalue weighted by Crippen LogP contribution is 2.23. The fraction of sp³-hybridized carbons (Fsp3) is 0.364. The molecular weight excluding hydrogens is 198 g/mol. The Hall–Kier alpha value is -1.45. The van der Waals surface area contributed by atoms with Crippen LogP contribution in [-0.2, 0) is 6.42 Å². The summed E-state index contributed by atoms with van der Waals surface area (Å²) >= 11 is 0. The second kappa shape index (κ2) is 3.61. The van der Waals surface area contributed by atoms with Crippen LogP contribution in [0.4, 0.5) is 8.78 Å². The number of rotatable bonds is 2. The monoisotopic (exact) mass is 210 g/mol. The Kier molecular flexibility index (Phi) is 2.42. The molecule has 2 rings (SSSR count). The molecule has 0 saturated carbocycles. The van der Waals surface area contributed by atoms with Crippen LogP contribution < -0.4 is 0 Å². The normalized spacial score (nSPS) is 11.5. The van der Waals surface area contributed by atoms with Gasteiger partial charge in [-0.3, -0.25) is 4.57 Å². The molecule has 4 heteroatoms. The summed E-state index contributed by atoms with van der Waals surface area (Å²) in [6.45, 7) is 1.45. The number of hydrogen-bond donors (Lipinski definition) is 0. The van der Waals surface area contributed by atoms with Crippen LogP contribution in [0.25, 0.3) is 11.0 Å². The van der Waals surface area contributed by atoms with E-state index in [-0.39, 0.29) is 0 Å². The molecule has 0 bridgehead atoms. The largest absolute Gasteiger partial charge is 0.320 e. The van der Waals surface area contributed by atoms with Crippen LogP contribution in [-0.4, -0.2) is 9.55 Å². The molecule has 2 aromatic rings. The van der Waals surface area contributed by atoms with Crippen molar-refractivity contribution in [3.63, 3.8) is 0 Å². The summed E-state index contributed by atoms with van der Waals surface area (Å²) < 4.78 is 26.0. The van der Waals surface area contributed by atoms with Gasteiger partial charge in [-0.2, -0.15) is 8.78 Å². The van der Waals surface area contributed by atoms with Gasteiger partial charge in [0, 0.05) is 0 Å². The maximum absolute atomic E-state index is 12.6. The third-order valence-corrected chi connectivity index (χ3v) is 2.62. The van der Waals surface area contributed by atoms with Crippen LogP contribution in [0, 0.1) is 6.92 Å². The molecule has 1 aromatic carbocycles. The van der Waals surface area contributed by atoms with Crippen molar-refractivity contribution in [2.75, 3.05) is 0 Å². The summed E-state index contributed by atoms with van der Waals surface area (Å²) in [4.78, 5) is 3.97. The average molecular weight is 210 g/mol. The molecule has 2 nitrogen and oxygen atoms in total. The van der Waals surface area contributed by atoms with Crippen molar-refractivity contribution in [1.82, 2.24) is 9.55 Å². The molecule has 0 saturated heterocycles. The number of fused-ring (bicyclic) bond motifs is 1. The summed E-state index contributed by atoms with van der Waals surface area (Å²) in [6, 6.07) is 3.65. The van der Waals surface area contributed by atoms with E-state index >= 15 is 0 Å². The Labute approximate surface area is 86.5 Å². The van der Waals surface area contributed by atoms with E-state index in [0.29, 0.717) is 11.0 Å². The van der Waals surface area contributed by atoms with Gasteiger partial charge in [-0.05, 0) is 36.6 Å². The number of halogens is 2. The smallest absolute Gasteiger partial charge is 0.273 e. The van der Waals surface area contributed by atoms with Crippen molar-refractivity contribution >= 4 is 11.0 Å². The van der Waals surface area contributed by atoms with Gasteiger partial charge in [0.2, 0.25) is 0 Å². The number of alkyl halides is 2. The third-order valence-electron chi connectivity index (χ3n) is 2.62. The number of aryl methyl sites for hydroxylation is 2. The van der Waals surface area contributed by atoms with Gasteiger partial charge in [-0.15, -0.1) is 0 Å². The maximum Gasteiger partial charge on any atom is 0.320 e. The van der Waals surface area contributed by atoms with Crippen LogP contribution in [0.1, 0.15) is 24.6 Å². The van der Waals surface area contributed by atoms with E-state index in [1.54, 1.807) is 6.07 Å². The third kappa shape index (κ3) is 1.60. The molecule has 80 valence electrons. The number of hydrogen-bond acceptors (Lipinski definition) is 1. The molecule has 0 unspecified atom stereocenters. The van der Waals surface area contributed by atoms with Crippen molar-refractivity contribution < 1.29 is 8.78 Å². The zero-order chi connectivity index (χ0) is 11.0. The van der Waals surface area contributed by atoms with E-state index < -0.39 is 6.55 Å². The zero-order valence-corrected chi connectivity index (χ0v) is 8.67. The van der Waals surface area contributed by atoms with Crippen LogP contribution in [0.2, 0.25) is 0 Å². The maximum atomic E-state index is 12.6. The summed E-state index contributed by atoms with van der Waals surface area (Å²) in [5.41, 5.74) is 3.33. The number of imidazole rings is 1. The summed E-state index contributed by atoms with van der Waals surface area (Å²) in [5.74, 6) is 0. The SMILES string of the molecule is CCc1cc2ncn(C(F)F)c2cc1C. The summed E-state index contributed by atoms with van der Waals surface area (Å²) in [6.07, 6.45) is 2.08. The minimum Gasteiger partial charge on any atom is -0.273 e. The molecule has 0 fully saturated rings. The molecule has 1 heterocycles. The Morgan fingerprint density at radius 1 is 1.40 bits per heavy atom. The molecule has 0 aliphatic carbocycles. The summed E-state index contributed by atoms with van der Waals surface area (Å²) in [5, 5.41) is 0. The van der Waals surface area contributed by atoms with E-state index in [1.807, 2.05) is 19.9 Å². The van der Waals surface area contributed by atoms with Crippen LogP contribution in [0.5, 0.6) is 0 Å². The first-order chi connectivity index (χ1) is 7.13. The standard InChI is InChI=1S/C11H12F2N2/c1-3-8-5-9-10(4-7(8)2)15(6-14-9)11(12)13/h4-6,11H,3H2,1-2H3. The van der Waals surface area contributed by atoms with Gasteiger partial charge in [-0.25, -0.2) is 4.98 Å². The van der Waals surface area contributed by atoms with Crippen LogP contribution in [0.3, 0.4) is 0 Å². The Bertz CT molecular complexity index is 489. The van der Waals surface area contributed by atoms with Gasteiger partial charge in [0.1, 0.15) is 6.33 Å². The van der Waals surface area contributed by atoms with Crippen LogP contribution in [0.15, 0.2) is 18.5 Å². The molecule has 1 aromatic heterocycles. The molecule has 0 spiro atoms. The lowest BCUT2D eigenvalue weighted by Crippen LogP contribution is -1.96. The van der Waals surface area contributed by atoms with Gasteiger partial charge in [0.15, 0.2) is 0 Å². The minimum atomic E-state index is -2.53. The lowest BCUT2D eigenvalue weighted by Gasteiger charge is -2.05. The van der Waals surface area contributed by atoms with E-state index in [0.717, 1.165) is 22.1 Å². The molecule has 15 heavy (non-hydrogen) atoms. The molecule has 0 N–H and O–H groups in total. The molecule has 0 aliphatic rings. The van der Waals surface area contributed by atoms with Crippen molar-refractivity contribution in [3.8, 4) is 0 Å². The van der Waals surface area contributed by atoms with Crippen molar-refractivity contribution in [2.45, 2.75) is 26.8 Å². The van der Waals surface area contributed by atoms with E-state index in [9.17, 15) is 8.78 Å². The van der Waals surface area contributed by atoms with Gasteiger partial charge < -0.3 is 0 Å². The van der Waals surface area contributed by atoms with Gasteiger partial charge in [0.25, 0.3) is 0 Å². The minimum absolute atomic E-state index is 0.500. The molecule has 0 amide bonds. The van der Waals surface area contributed by atoms with Crippen LogP contribution >= 0.6 is 0 Å². The first kappa shape index (κ1) is 10.1. The Morgan fingerprint density at radius 3 is 2.73 bits per heavy atom. The van der Waals surface area contributed by atoms with Gasteiger partial charge in [0.05, 0.1) is 11.0 Å². The fourth-order valence-corrected chi connectivity index (χ4v) is 1.76. The molecular formula is C11H12F2N2. The molecule has 0 atom stereocenters. The number of benzene rings is 1. The summed E-state index contributed by atoms with van der Waals surface area (Å²) in [7, 11) is 0. The van der Waals surface area contributed by atoms with Crippen molar-refractivity contribution in [2.24, 2.45) is 0 Å². The lowest BCUT2D eigenvalue weighted by molar-refractivity contribution is 0.0746. The number of aromatic nitrogens is 2. The highest BCUT2D eigenvalue weighted by Gasteiger charge is 2.11. The Balaban J connectivity index is 2.68. The van der Waals surface area contributed by atoms with E-state index in [1.165, 1.54) is 6.33 Å². The van der Waals surface area contributed by atoms with Gasteiger partial charge >= 0.3 is 6.55 Å². The average Bonchev–Trinajstić information content (AvgIpc) is 2.59. The second-order valence-electron chi connectivity index (χ2n) is 3.55. The van der Waals surface area contributed by atoms with Crippen molar-refractivity contribution in [1.29, 1.82) is 0 Å². The lowest BCUT2D eigenvalue weighted by atomic mass is 10.1. The first-order valence-electron chi connectivity index (χ1n) is 4.87. The highest BCUT2D eigenvalue weighted by atomic mass is 19.3. The van der Waals surface area contributed by atoms with Gasteiger partial charge in [-0.1, -0.05) is 6.92 Å². The Morgan fingerprint density at radius 2 is 2.13 bits per heavy atom. The zero-order valence-electron chi connectivity index (χ0n) is 8.67. The fourth-order valence-electron chi connectivity index (χ4n) is 1.76. The van der Waals surface area contributed by atoms with Crippen molar-refractivity contribution in [3.05, 3.63) is 29.6 Å². The van der Waals surface area contributed by atoms with E-state index in [2.05, 4.69) is 4.98 Å². The number of nitrogens with zero attached hydrogens (tertiary/aromatic N) is 2. The predicted molar refractivity (Wildman–Crippen MR) is 55.1 cm³/mol. The quantitative estimate of drug-likeness (QED) is 0.743. The van der Waals surface area contributed by atoms with E-state index in [4.69, 9.17) is 0 Å². The topological polar surface area (TPSA) is 17.8 Å². The first-order valence-corrected chi connectivity index (χ1v) is 4.87. The highest BCUT2D eigenvalue weighted by molar-refractivity contribution is 5.77. The second-order valence-corrected chi connectivity index (χ2v) is 3.55. The predicted octanol–water partition coefficient (Wildman–Crippen LogP) is 3.30. The molecule has 0 radical (unpaired) electrons. The molecule has 0 aliphatic heterocycles.